The van der Waals surface area contributed by atoms with Crippen molar-refractivity contribution in [2.45, 2.75) is 0 Å². The van der Waals surface area contributed by atoms with E-state index in [0.717, 1.165) is 5.39 Å². The molecule has 2 aromatic rings. The molecule has 0 fully saturated rings. The molecule has 0 atom stereocenters. The van der Waals surface area contributed by atoms with E-state index in [1.165, 1.54) is 6.26 Å². The first-order chi connectivity index (χ1) is 6.88. The first-order valence-electron chi connectivity index (χ1n) is 3.71. The topological polar surface area (TPSA) is 105 Å². The second-order valence-electron chi connectivity index (χ2n) is 2.56. The van der Waals surface area contributed by atoms with E-state index in [9.17, 15) is 4.79 Å². The molecule has 0 aliphatic carbocycles. The van der Waals surface area contributed by atoms with E-state index in [0.29, 0.717) is 5.39 Å². The normalized spacial score (nSPS) is 10.1. The zero-order valence-corrected chi connectivity index (χ0v) is 11.1. The first kappa shape index (κ1) is 15.4. The van der Waals surface area contributed by atoms with E-state index in [4.69, 9.17) is 17.5 Å². The van der Waals surface area contributed by atoms with E-state index >= 15 is 0 Å². The van der Waals surface area contributed by atoms with Crippen molar-refractivity contribution in [2.75, 3.05) is 0 Å². The van der Waals surface area contributed by atoms with Crippen LogP contribution in [0.5, 0.6) is 0 Å². The molecule has 0 saturated heterocycles. The first-order valence-corrected chi connectivity index (χ1v) is 5.11. The summed E-state index contributed by atoms with van der Waals surface area (Å²) < 4.78 is 36.2. The van der Waals surface area contributed by atoms with Crippen LogP contribution < -0.4 is 35.2 Å². The Morgan fingerprint density at radius 2 is 1.69 bits per heavy atom. The minimum Gasteiger partial charge on any atom is -0.528 e. The van der Waals surface area contributed by atoms with Crippen molar-refractivity contribution < 1.29 is 51.5 Å². The molecular weight excluding hydrogens is 247 g/mol. The van der Waals surface area contributed by atoms with Gasteiger partial charge in [-0.2, -0.15) is 8.42 Å². The molecule has 0 spiro atoms. The predicted molar refractivity (Wildman–Crippen MR) is 52.3 cm³/mol. The van der Waals surface area contributed by atoms with Crippen molar-refractivity contribution in [2.24, 2.45) is 0 Å². The van der Waals surface area contributed by atoms with Crippen LogP contribution in [-0.4, -0.2) is 17.5 Å². The Balaban J connectivity index is 0.000000330. The number of furan rings is 1. The zero-order chi connectivity index (χ0) is 11.5. The van der Waals surface area contributed by atoms with Gasteiger partial charge >= 0.3 is 40.0 Å². The average Bonchev–Trinajstić information content (AvgIpc) is 2.46. The fourth-order valence-corrected chi connectivity index (χ4v) is 0.966. The van der Waals surface area contributed by atoms with E-state index in [2.05, 4.69) is 4.42 Å². The van der Waals surface area contributed by atoms with Crippen molar-refractivity contribution in [3.05, 3.63) is 40.9 Å². The molecule has 0 aliphatic heterocycles. The SMILES string of the molecule is O=S(=O)(O)O.O=c1o[cH-]c2ccccc12.[Na+]. The molecule has 0 saturated carbocycles. The van der Waals surface area contributed by atoms with Crippen molar-refractivity contribution in [3.63, 3.8) is 0 Å². The number of rotatable bonds is 0. The molecule has 0 amide bonds. The van der Waals surface area contributed by atoms with Crippen LogP contribution in [0.2, 0.25) is 0 Å². The molecule has 0 radical (unpaired) electrons. The molecule has 1 aromatic carbocycles. The largest absolute Gasteiger partial charge is 1.00 e. The zero-order valence-electron chi connectivity index (χ0n) is 8.32. The number of hydrogen-bond donors (Lipinski definition) is 2. The van der Waals surface area contributed by atoms with Gasteiger partial charge in [-0.15, -0.1) is 17.5 Å². The maximum Gasteiger partial charge on any atom is 1.00 e. The summed E-state index contributed by atoms with van der Waals surface area (Å²) in [4.78, 5) is 10.8. The van der Waals surface area contributed by atoms with Gasteiger partial charge in [0.2, 0.25) is 5.63 Å². The second kappa shape index (κ2) is 6.24. The van der Waals surface area contributed by atoms with Gasteiger partial charge in [0.1, 0.15) is 0 Å². The Kier molecular flexibility index (Phi) is 6.01. The van der Waals surface area contributed by atoms with E-state index < -0.39 is 10.4 Å². The summed E-state index contributed by atoms with van der Waals surface area (Å²) >= 11 is 0. The van der Waals surface area contributed by atoms with Gasteiger partial charge in [-0.1, -0.05) is 17.5 Å². The number of benzene rings is 1. The van der Waals surface area contributed by atoms with Gasteiger partial charge < -0.3 is 9.21 Å². The maximum atomic E-state index is 10.8. The standard InChI is InChI=1S/C8H5O2.Na.H2O4S/c9-8-7-4-2-1-3-6(7)5-10-8;;1-5(2,3)4/h1-5H;;(H2,1,2,3,4)/q-1;+1;. The summed E-state index contributed by atoms with van der Waals surface area (Å²) in [7, 11) is -4.67. The third-order valence-corrected chi connectivity index (χ3v) is 1.47. The molecule has 2 rings (SSSR count). The third kappa shape index (κ3) is 5.50. The van der Waals surface area contributed by atoms with Crippen LogP contribution in [0.4, 0.5) is 0 Å². The summed E-state index contributed by atoms with van der Waals surface area (Å²) in [6.07, 6.45) is 1.47. The average molecular weight is 254 g/mol. The monoisotopic (exact) mass is 254 g/mol. The summed E-state index contributed by atoms with van der Waals surface area (Å²) in [6, 6.07) is 7.29. The Morgan fingerprint density at radius 3 is 2.19 bits per heavy atom. The Morgan fingerprint density at radius 1 is 1.19 bits per heavy atom. The molecule has 16 heavy (non-hydrogen) atoms. The van der Waals surface area contributed by atoms with Crippen LogP contribution in [0.15, 0.2) is 39.7 Å². The van der Waals surface area contributed by atoms with Crippen LogP contribution in [0.1, 0.15) is 0 Å². The predicted octanol–water partition coefficient (Wildman–Crippen LogP) is -2.14. The molecule has 0 unspecified atom stereocenters. The molecule has 8 heteroatoms. The van der Waals surface area contributed by atoms with Crippen LogP contribution in [-0.2, 0) is 10.4 Å². The minimum atomic E-state index is -4.67. The summed E-state index contributed by atoms with van der Waals surface area (Å²) in [5.74, 6) is 0. The van der Waals surface area contributed by atoms with Crippen molar-refractivity contribution in [3.8, 4) is 0 Å². The van der Waals surface area contributed by atoms with Gasteiger partial charge in [0.05, 0.1) is 0 Å². The van der Waals surface area contributed by atoms with Crippen molar-refractivity contribution in [1.29, 1.82) is 0 Å². The van der Waals surface area contributed by atoms with Gasteiger partial charge in [-0.25, -0.2) is 0 Å². The molecule has 6 nitrogen and oxygen atoms in total. The summed E-state index contributed by atoms with van der Waals surface area (Å²) in [5.41, 5.74) is -0.254. The van der Waals surface area contributed by atoms with Gasteiger partial charge in [-0.05, 0) is 0 Å². The van der Waals surface area contributed by atoms with E-state index in [1.54, 1.807) is 6.07 Å². The van der Waals surface area contributed by atoms with Gasteiger partial charge in [-0.3, -0.25) is 9.11 Å². The molecular formula is C8H7NaO6S. The van der Waals surface area contributed by atoms with Gasteiger partial charge in [0.25, 0.3) is 0 Å². The smallest absolute Gasteiger partial charge is 0.528 e. The number of hydrogen-bond acceptors (Lipinski definition) is 4. The maximum absolute atomic E-state index is 10.8. The van der Waals surface area contributed by atoms with Crippen LogP contribution in [0, 0.1) is 0 Å². The fourth-order valence-electron chi connectivity index (χ4n) is 0.966. The van der Waals surface area contributed by atoms with E-state index in [1.807, 2.05) is 18.2 Å². The second-order valence-corrected chi connectivity index (χ2v) is 3.45. The van der Waals surface area contributed by atoms with Gasteiger partial charge in [0.15, 0.2) is 0 Å². The van der Waals surface area contributed by atoms with Crippen molar-refractivity contribution in [1.82, 2.24) is 0 Å². The van der Waals surface area contributed by atoms with Gasteiger partial charge in [0, 0.05) is 6.26 Å². The Hall–Kier alpha value is -0.570. The summed E-state index contributed by atoms with van der Waals surface area (Å²) in [6.45, 7) is 0. The van der Waals surface area contributed by atoms with Crippen molar-refractivity contribution >= 4 is 21.2 Å². The molecule has 1 heterocycles. The van der Waals surface area contributed by atoms with Crippen LogP contribution in [0.25, 0.3) is 10.8 Å². The summed E-state index contributed by atoms with van der Waals surface area (Å²) in [5, 5.41) is 1.52. The molecule has 1 aromatic heterocycles. The molecule has 0 aliphatic rings. The molecule has 82 valence electrons. The third-order valence-electron chi connectivity index (χ3n) is 1.47. The van der Waals surface area contributed by atoms with Crippen LogP contribution >= 0.6 is 0 Å². The Bertz CT molecular complexity index is 588. The number of fused-ring (bicyclic) bond motifs is 1. The fraction of sp³-hybridized carbons (Fsp3) is 0. The molecule has 2 N–H and O–H groups in total. The van der Waals surface area contributed by atoms with E-state index in [-0.39, 0.29) is 35.2 Å². The quantitative estimate of drug-likeness (QED) is 0.316. The Labute approximate surface area is 113 Å². The molecule has 0 bridgehead atoms. The van der Waals surface area contributed by atoms with Crippen LogP contribution in [0.3, 0.4) is 0 Å². The minimum absolute atomic E-state index is 0.